The minimum Gasteiger partial charge on any atom is -0.405 e. The number of para-hydroxylation sites is 1. The van der Waals surface area contributed by atoms with Crippen LogP contribution in [0.25, 0.3) is 0 Å². The second kappa shape index (κ2) is 9.59. The zero-order chi connectivity index (χ0) is 19.9. The Kier molecular flexibility index (Phi) is 7.46. The first-order chi connectivity index (χ1) is 12.8. The van der Waals surface area contributed by atoms with E-state index in [1.54, 1.807) is 23.5 Å². The fourth-order valence-corrected chi connectivity index (χ4v) is 3.40. The average Bonchev–Trinajstić information content (AvgIpc) is 2.90. The number of hydrogen-bond acceptors (Lipinski definition) is 4. The molecule has 0 atom stereocenters. The number of aromatic nitrogens is 1. The number of benzene rings is 1. The van der Waals surface area contributed by atoms with Gasteiger partial charge in [-0.05, 0) is 26.8 Å². The van der Waals surface area contributed by atoms with Gasteiger partial charge in [0.05, 0.1) is 17.2 Å². The van der Waals surface area contributed by atoms with Crippen LogP contribution in [0.4, 0.5) is 13.2 Å². The Morgan fingerprint density at radius 3 is 2.59 bits per heavy atom. The van der Waals surface area contributed by atoms with Gasteiger partial charge < -0.3 is 15.4 Å². The van der Waals surface area contributed by atoms with E-state index in [4.69, 9.17) is 0 Å². The van der Waals surface area contributed by atoms with E-state index in [0.717, 1.165) is 17.1 Å². The lowest BCUT2D eigenvalue weighted by molar-refractivity contribution is -0.274. The molecule has 0 bridgehead atoms. The molecule has 0 fully saturated rings. The summed E-state index contributed by atoms with van der Waals surface area (Å²) < 4.78 is 41.6. The molecule has 0 saturated carbocycles. The third-order valence-corrected chi connectivity index (χ3v) is 4.73. The van der Waals surface area contributed by atoms with Gasteiger partial charge in [0, 0.05) is 30.0 Å². The van der Waals surface area contributed by atoms with Crippen LogP contribution in [-0.4, -0.2) is 30.4 Å². The molecule has 2 N–H and O–H groups in total. The van der Waals surface area contributed by atoms with Crippen molar-refractivity contribution in [2.75, 3.05) is 13.1 Å². The third-order valence-electron chi connectivity index (χ3n) is 3.59. The SMILES string of the molecule is CCNC(=NCc1ccccc1OC(F)(F)F)NCCc1sc(C)nc1C. The van der Waals surface area contributed by atoms with Crippen molar-refractivity contribution in [2.24, 2.45) is 4.99 Å². The maximum Gasteiger partial charge on any atom is 0.573 e. The molecule has 27 heavy (non-hydrogen) atoms. The largest absolute Gasteiger partial charge is 0.573 e. The van der Waals surface area contributed by atoms with Crippen molar-refractivity contribution in [2.45, 2.75) is 40.1 Å². The molecule has 5 nitrogen and oxygen atoms in total. The van der Waals surface area contributed by atoms with Crippen molar-refractivity contribution >= 4 is 17.3 Å². The van der Waals surface area contributed by atoms with E-state index in [2.05, 4.69) is 25.3 Å². The summed E-state index contributed by atoms with van der Waals surface area (Å²) in [6.45, 7) is 7.24. The molecular formula is C18H23F3N4OS. The highest BCUT2D eigenvalue weighted by Gasteiger charge is 2.31. The number of ether oxygens (including phenoxy) is 1. The predicted molar refractivity (Wildman–Crippen MR) is 101 cm³/mol. The van der Waals surface area contributed by atoms with Crippen molar-refractivity contribution in [3.05, 3.63) is 45.4 Å². The van der Waals surface area contributed by atoms with Crippen LogP contribution in [-0.2, 0) is 13.0 Å². The molecular weight excluding hydrogens is 377 g/mol. The van der Waals surface area contributed by atoms with Gasteiger partial charge >= 0.3 is 6.36 Å². The Hall–Kier alpha value is -2.29. The lowest BCUT2D eigenvalue weighted by Crippen LogP contribution is -2.38. The number of nitrogens with one attached hydrogen (secondary N) is 2. The summed E-state index contributed by atoms with van der Waals surface area (Å²) in [4.78, 5) is 9.98. The molecule has 0 saturated heterocycles. The molecule has 0 aliphatic heterocycles. The topological polar surface area (TPSA) is 58.5 Å². The number of alkyl halides is 3. The highest BCUT2D eigenvalue weighted by atomic mass is 32.1. The smallest absolute Gasteiger partial charge is 0.405 e. The average molecular weight is 400 g/mol. The molecule has 0 amide bonds. The van der Waals surface area contributed by atoms with Crippen molar-refractivity contribution in [1.29, 1.82) is 0 Å². The van der Waals surface area contributed by atoms with Crippen molar-refractivity contribution in [1.82, 2.24) is 15.6 Å². The highest BCUT2D eigenvalue weighted by Crippen LogP contribution is 2.26. The number of guanidine groups is 1. The van der Waals surface area contributed by atoms with E-state index in [1.807, 2.05) is 20.8 Å². The molecule has 2 aromatic rings. The fourth-order valence-electron chi connectivity index (χ4n) is 2.46. The third kappa shape index (κ3) is 7.09. The van der Waals surface area contributed by atoms with Gasteiger partial charge in [0.1, 0.15) is 5.75 Å². The molecule has 9 heteroatoms. The van der Waals surface area contributed by atoms with Gasteiger partial charge in [-0.15, -0.1) is 24.5 Å². The zero-order valence-corrected chi connectivity index (χ0v) is 16.3. The first-order valence-corrected chi connectivity index (χ1v) is 9.39. The summed E-state index contributed by atoms with van der Waals surface area (Å²) in [5.41, 5.74) is 1.39. The maximum atomic E-state index is 12.5. The molecule has 1 aromatic carbocycles. The number of nitrogens with zero attached hydrogens (tertiary/aromatic N) is 2. The number of rotatable bonds is 7. The van der Waals surface area contributed by atoms with E-state index in [-0.39, 0.29) is 12.3 Å². The Morgan fingerprint density at radius 2 is 1.96 bits per heavy atom. The number of aliphatic imine (C=N–C) groups is 1. The summed E-state index contributed by atoms with van der Waals surface area (Å²) in [6.07, 6.45) is -3.93. The van der Waals surface area contributed by atoms with E-state index >= 15 is 0 Å². The molecule has 0 aliphatic carbocycles. The van der Waals surface area contributed by atoms with E-state index in [1.165, 1.54) is 17.0 Å². The number of hydrogen-bond donors (Lipinski definition) is 2. The first kappa shape index (κ1) is 21.0. The Labute approximate surface area is 160 Å². The minimum absolute atomic E-state index is 0.0697. The van der Waals surface area contributed by atoms with Crippen molar-refractivity contribution < 1.29 is 17.9 Å². The maximum absolute atomic E-state index is 12.5. The molecule has 0 aliphatic rings. The lowest BCUT2D eigenvalue weighted by atomic mass is 10.2. The van der Waals surface area contributed by atoms with Gasteiger partial charge in [-0.3, -0.25) is 0 Å². The minimum atomic E-state index is -4.73. The number of thiazole rings is 1. The normalized spacial score (nSPS) is 12.1. The molecule has 2 rings (SSSR count). The van der Waals surface area contributed by atoms with Crippen molar-refractivity contribution in [3.8, 4) is 5.75 Å². The second-order valence-corrected chi connectivity index (χ2v) is 7.06. The van der Waals surface area contributed by atoms with E-state index in [0.29, 0.717) is 24.6 Å². The van der Waals surface area contributed by atoms with Crippen LogP contribution in [0.5, 0.6) is 5.75 Å². The Morgan fingerprint density at radius 1 is 1.22 bits per heavy atom. The van der Waals surface area contributed by atoms with Gasteiger partial charge in [-0.2, -0.15) is 0 Å². The van der Waals surface area contributed by atoms with Gasteiger partial charge in [-0.25, -0.2) is 9.98 Å². The van der Waals surface area contributed by atoms with Crippen LogP contribution >= 0.6 is 11.3 Å². The molecule has 0 unspecified atom stereocenters. The predicted octanol–water partition coefficient (Wildman–Crippen LogP) is 3.96. The molecule has 1 heterocycles. The number of halogens is 3. The Bertz CT molecular complexity index is 774. The molecule has 148 valence electrons. The monoisotopic (exact) mass is 400 g/mol. The molecule has 1 aromatic heterocycles. The van der Waals surface area contributed by atoms with Crippen LogP contribution < -0.4 is 15.4 Å². The van der Waals surface area contributed by atoms with Crippen molar-refractivity contribution in [3.63, 3.8) is 0 Å². The standard InChI is InChI=1S/C18H23F3N4OS/c1-4-22-17(23-10-9-16-12(2)25-13(3)27-16)24-11-14-7-5-6-8-15(14)26-18(19,20)21/h5-8H,4,9-11H2,1-3H3,(H2,22,23,24). The summed E-state index contributed by atoms with van der Waals surface area (Å²) >= 11 is 1.66. The highest BCUT2D eigenvalue weighted by molar-refractivity contribution is 7.11. The van der Waals surface area contributed by atoms with Crippen LogP contribution in [0.3, 0.4) is 0 Å². The fraction of sp³-hybridized carbons (Fsp3) is 0.444. The summed E-state index contributed by atoms with van der Waals surface area (Å²) in [6, 6.07) is 6.01. The first-order valence-electron chi connectivity index (χ1n) is 8.57. The molecule has 0 spiro atoms. The summed E-state index contributed by atoms with van der Waals surface area (Å²) in [5.74, 6) is 0.304. The van der Waals surface area contributed by atoms with Crippen LogP contribution in [0, 0.1) is 13.8 Å². The van der Waals surface area contributed by atoms with E-state index < -0.39 is 6.36 Å². The zero-order valence-electron chi connectivity index (χ0n) is 15.5. The van der Waals surface area contributed by atoms with Crippen LogP contribution in [0.1, 0.15) is 28.1 Å². The van der Waals surface area contributed by atoms with Gasteiger partial charge in [0.15, 0.2) is 5.96 Å². The van der Waals surface area contributed by atoms with Crippen LogP contribution in [0.2, 0.25) is 0 Å². The van der Waals surface area contributed by atoms with Gasteiger partial charge in [-0.1, -0.05) is 18.2 Å². The summed E-state index contributed by atoms with van der Waals surface area (Å²) in [7, 11) is 0. The van der Waals surface area contributed by atoms with Crippen LogP contribution in [0.15, 0.2) is 29.3 Å². The van der Waals surface area contributed by atoms with E-state index in [9.17, 15) is 13.2 Å². The number of aryl methyl sites for hydroxylation is 2. The quantitative estimate of drug-likeness (QED) is 0.546. The summed E-state index contributed by atoms with van der Waals surface area (Å²) in [5, 5.41) is 7.32. The molecule has 0 radical (unpaired) electrons. The second-order valence-electron chi connectivity index (χ2n) is 5.77. The lowest BCUT2D eigenvalue weighted by Gasteiger charge is -2.14. The Balaban J connectivity index is 2.00. The van der Waals surface area contributed by atoms with Gasteiger partial charge in [0.2, 0.25) is 0 Å². The van der Waals surface area contributed by atoms with Gasteiger partial charge in [0.25, 0.3) is 0 Å².